The van der Waals surface area contributed by atoms with E-state index in [0.29, 0.717) is 0 Å². The van der Waals surface area contributed by atoms with E-state index in [9.17, 15) is 4.79 Å². The fraction of sp³-hybridized carbons (Fsp3) is 0.333. The van der Waals surface area contributed by atoms with Crippen molar-refractivity contribution in [3.05, 3.63) is 63.7 Å². The van der Waals surface area contributed by atoms with E-state index in [2.05, 4.69) is 48.6 Å². The SMILES string of the molecule is CCc1cc2sc(CN3CCN(c4ccc5nccn5c4)CC3)cc2[nH]c1=O. The number of aryl methyl sites for hydroxylation is 1. The Morgan fingerprint density at radius 2 is 2.04 bits per heavy atom. The number of hydrogen-bond donors (Lipinski definition) is 1. The minimum atomic E-state index is 0.0443. The number of aromatic amines is 1. The van der Waals surface area contributed by atoms with E-state index < -0.39 is 0 Å². The van der Waals surface area contributed by atoms with Crippen molar-refractivity contribution in [3.8, 4) is 0 Å². The number of piperazine rings is 1. The van der Waals surface area contributed by atoms with Gasteiger partial charge >= 0.3 is 0 Å². The summed E-state index contributed by atoms with van der Waals surface area (Å²) in [6.07, 6.45) is 6.75. The Kier molecular flexibility index (Phi) is 4.41. The zero-order valence-electron chi connectivity index (χ0n) is 15.9. The van der Waals surface area contributed by atoms with Crippen molar-refractivity contribution in [2.75, 3.05) is 31.1 Å². The number of nitrogens with zero attached hydrogens (tertiary/aromatic N) is 4. The lowest BCUT2D eigenvalue weighted by Gasteiger charge is -2.35. The van der Waals surface area contributed by atoms with E-state index in [0.717, 1.165) is 55.9 Å². The molecular formula is C21H23N5OS. The number of imidazole rings is 1. The molecule has 1 aliphatic heterocycles. The van der Waals surface area contributed by atoms with Gasteiger partial charge in [0.25, 0.3) is 5.56 Å². The molecule has 4 aromatic heterocycles. The first-order valence-corrected chi connectivity index (χ1v) is 10.6. The minimum Gasteiger partial charge on any atom is -0.368 e. The second-order valence-corrected chi connectivity index (χ2v) is 8.48. The molecule has 0 radical (unpaired) electrons. The van der Waals surface area contributed by atoms with E-state index in [1.807, 2.05) is 25.4 Å². The lowest BCUT2D eigenvalue weighted by atomic mass is 10.2. The first-order chi connectivity index (χ1) is 13.7. The van der Waals surface area contributed by atoms with Gasteiger partial charge in [0.05, 0.1) is 15.9 Å². The van der Waals surface area contributed by atoms with Crippen LogP contribution in [-0.4, -0.2) is 45.4 Å². The van der Waals surface area contributed by atoms with Gasteiger partial charge in [-0.2, -0.15) is 0 Å². The van der Waals surface area contributed by atoms with Crippen LogP contribution in [0, 0.1) is 0 Å². The van der Waals surface area contributed by atoms with Crippen molar-refractivity contribution in [2.45, 2.75) is 19.9 Å². The van der Waals surface area contributed by atoms with Crippen LogP contribution in [0.2, 0.25) is 0 Å². The molecule has 1 saturated heterocycles. The topological polar surface area (TPSA) is 56.6 Å². The maximum Gasteiger partial charge on any atom is 0.251 e. The van der Waals surface area contributed by atoms with Gasteiger partial charge < -0.3 is 14.3 Å². The summed E-state index contributed by atoms with van der Waals surface area (Å²) < 4.78 is 3.25. The van der Waals surface area contributed by atoms with Gasteiger partial charge in [-0.1, -0.05) is 6.92 Å². The van der Waals surface area contributed by atoms with Crippen LogP contribution in [0.4, 0.5) is 5.69 Å². The van der Waals surface area contributed by atoms with Gasteiger partial charge in [0.15, 0.2) is 0 Å². The molecule has 1 fully saturated rings. The average Bonchev–Trinajstić information content (AvgIpc) is 3.33. The Hall–Kier alpha value is -2.64. The third kappa shape index (κ3) is 3.21. The second kappa shape index (κ2) is 7.07. The third-order valence-corrected chi connectivity index (χ3v) is 6.59. The van der Waals surface area contributed by atoms with Crippen LogP contribution in [0.25, 0.3) is 15.9 Å². The number of nitrogens with one attached hydrogen (secondary N) is 1. The van der Waals surface area contributed by atoms with E-state index in [1.165, 1.54) is 15.3 Å². The summed E-state index contributed by atoms with van der Waals surface area (Å²) in [5, 5.41) is 0. The summed E-state index contributed by atoms with van der Waals surface area (Å²) >= 11 is 1.79. The summed E-state index contributed by atoms with van der Waals surface area (Å²) in [6, 6.07) is 8.42. The second-order valence-electron chi connectivity index (χ2n) is 7.31. The highest BCUT2D eigenvalue weighted by atomic mass is 32.1. The Morgan fingerprint density at radius 1 is 1.18 bits per heavy atom. The van der Waals surface area contributed by atoms with Crippen molar-refractivity contribution in [1.29, 1.82) is 0 Å². The molecule has 0 atom stereocenters. The molecule has 5 rings (SSSR count). The van der Waals surface area contributed by atoms with Crippen LogP contribution in [0.5, 0.6) is 0 Å². The molecule has 28 heavy (non-hydrogen) atoms. The third-order valence-electron chi connectivity index (χ3n) is 5.53. The van der Waals surface area contributed by atoms with Crippen LogP contribution < -0.4 is 10.5 Å². The fourth-order valence-corrected chi connectivity index (χ4v) is 5.04. The average molecular weight is 394 g/mol. The largest absolute Gasteiger partial charge is 0.368 e. The van der Waals surface area contributed by atoms with E-state index >= 15 is 0 Å². The Labute approximate surface area is 167 Å². The number of H-pyrrole nitrogens is 1. The van der Waals surface area contributed by atoms with Crippen LogP contribution in [0.1, 0.15) is 17.4 Å². The predicted molar refractivity (Wildman–Crippen MR) is 115 cm³/mol. The highest BCUT2D eigenvalue weighted by Gasteiger charge is 2.18. The minimum absolute atomic E-state index is 0.0443. The summed E-state index contributed by atoms with van der Waals surface area (Å²) in [6.45, 7) is 7.07. The molecule has 0 bridgehead atoms. The molecule has 0 amide bonds. The van der Waals surface area contributed by atoms with Crippen molar-refractivity contribution >= 4 is 32.9 Å². The quantitative estimate of drug-likeness (QED) is 0.579. The van der Waals surface area contributed by atoms with Crippen molar-refractivity contribution in [2.24, 2.45) is 0 Å². The highest BCUT2D eigenvalue weighted by Crippen LogP contribution is 2.26. The molecule has 0 saturated carbocycles. The summed E-state index contributed by atoms with van der Waals surface area (Å²) in [4.78, 5) is 25.6. The summed E-state index contributed by atoms with van der Waals surface area (Å²) in [5.41, 5.74) is 4.11. The van der Waals surface area contributed by atoms with Gasteiger partial charge in [-0.15, -0.1) is 11.3 Å². The van der Waals surface area contributed by atoms with Crippen LogP contribution >= 0.6 is 11.3 Å². The lowest BCUT2D eigenvalue weighted by molar-refractivity contribution is 0.252. The van der Waals surface area contributed by atoms with E-state index in [1.54, 1.807) is 11.3 Å². The smallest absolute Gasteiger partial charge is 0.251 e. The number of anilines is 1. The predicted octanol–water partition coefficient (Wildman–Crippen LogP) is 3.12. The molecule has 0 spiro atoms. The van der Waals surface area contributed by atoms with Crippen LogP contribution in [0.15, 0.2) is 47.7 Å². The number of hydrogen-bond acceptors (Lipinski definition) is 5. The van der Waals surface area contributed by atoms with Crippen LogP contribution in [0.3, 0.4) is 0 Å². The van der Waals surface area contributed by atoms with Crippen LogP contribution in [-0.2, 0) is 13.0 Å². The number of pyridine rings is 2. The van der Waals surface area contributed by atoms with Crippen molar-refractivity contribution < 1.29 is 0 Å². The van der Waals surface area contributed by atoms with Crippen molar-refractivity contribution in [3.63, 3.8) is 0 Å². The fourth-order valence-electron chi connectivity index (χ4n) is 3.91. The number of thiophene rings is 1. The number of aromatic nitrogens is 3. The standard InChI is InChI=1S/C21H23N5OS/c1-2-15-11-19-18(23-21(15)27)12-17(28-19)14-24-7-9-25(10-8-24)16-3-4-20-22-5-6-26(20)13-16/h3-6,11-13H,2,7-10,14H2,1H3,(H,23,27). The molecule has 0 unspecified atom stereocenters. The zero-order valence-corrected chi connectivity index (χ0v) is 16.7. The molecule has 144 valence electrons. The molecule has 0 aliphatic carbocycles. The molecule has 5 heterocycles. The van der Waals surface area contributed by atoms with Gasteiger partial charge in [-0.3, -0.25) is 9.69 Å². The van der Waals surface area contributed by atoms with E-state index in [4.69, 9.17) is 0 Å². The monoisotopic (exact) mass is 393 g/mol. The maximum absolute atomic E-state index is 12.0. The van der Waals surface area contributed by atoms with Crippen molar-refractivity contribution in [1.82, 2.24) is 19.3 Å². The number of rotatable bonds is 4. The lowest BCUT2D eigenvalue weighted by Crippen LogP contribution is -2.45. The Morgan fingerprint density at radius 3 is 2.86 bits per heavy atom. The Bertz CT molecular complexity index is 1180. The number of fused-ring (bicyclic) bond motifs is 2. The first kappa shape index (κ1) is 17.5. The Balaban J connectivity index is 1.26. The highest BCUT2D eigenvalue weighted by molar-refractivity contribution is 7.19. The molecular weight excluding hydrogens is 370 g/mol. The van der Waals surface area contributed by atoms with Gasteiger partial charge in [0.2, 0.25) is 0 Å². The van der Waals surface area contributed by atoms with Gasteiger partial charge in [-0.05, 0) is 30.7 Å². The summed E-state index contributed by atoms with van der Waals surface area (Å²) in [5.74, 6) is 0. The molecule has 4 aromatic rings. The maximum atomic E-state index is 12.0. The zero-order chi connectivity index (χ0) is 19.1. The normalized spacial score (nSPS) is 15.7. The molecule has 1 N–H and O–H groups in total. The first-order valence-electron chi connectivity index (χ1n) is 9.74. The van der Waals surface area contributed by atoms with Gasteiger partial charge in [0, 0.05) is 61.8 Å². The van der Waals surface area contributed by atoms with Gasteiger partial charge in [0.1, 0.15) is 5.65 Å². The molecule has 6 nitrogen and oxygen atoms in total. The molecule has 7 heteroatoms. The van der Waals surface area contributed by atoms with E-state index in [-0.39, 0.29) is 5.56 Å². The summed E-state index contributed by atoms with van der Waals surface area (Å²) in [7, 11) is 0. The molecule has 1 aliphatic rings. The molecule has 0 aromatic carbocycles. The van der Waals surface area contributed by atoms with Gasteiger partial charge in [-0.25, -0.2) is 4.98 Å².